The van der Waals surface area contributed by atoms with E-state index < -0.39 is 22.9 Å². The van der Waals surface area contributed by atoms with Gasteiger partial charge in [-0.1, -0.05) is 23.7 Å². The molecule has 5 nitrogen and oxygen atoms in total. The largest absolute Gasteiger partial charge is 0.385 e. The zero-order valence-electron chi connectivity index (χ0n) is 17.7. The van der Waals surface area contributed by atoms with E-state index in [4.69, 9.17) is 22.1 Å². The molecule has 0 aliphatic carbocycles. The second-order valence-electron chi connectivity index (χ2n) is 8.40. The van der Waals surface area contributed by atoms with Crippen molar-refractivity contribution in [1.29, 1.82) is 0 Å². The molecule has 0 saturated carbocycles. The Hall–Kier alpha value is -2.84. The fraction of sp³-hybridized carbons (Fsp3) is 0.304. The lowest BCUT2D eigenvalue weighted by atomic mass is 9.77. The van der Waals surface area contributed by atoms with Gasteiger partial charge in [-0.25, -0.2) is 17.9 Å². The van der Waals surface area contributed by atoms with Gasteiger partial charge in [-0.05, 0) is 56.7 Å². The standard InChI is InChI=1S/C23H22ClF3N4O/c1-21(2)23(26,27)22(3,30-20(28)13-32-21)18-9-14(7-8-19(18)25)15-11-29-31(12-15)17-6-4-5-16(24)10-17/h4-12H,13H2,1-3H3,(H2,28,30). The Bertz CT molecular complexity index is 1210. The molecule has 0 fully saturated rings. The van der Waals surface area contributed by atoms with Crippen LogP contribution in [-0.4, -0.2) is 33.7 Å². The van der Waals surface area contributed by atoms with Crippen LogP contribution in [0.3, 0.4) is 0 Å². The van der Waals surface area contributed by atoms with Gasteiger partial charge >= 0.3 is 5.92 Å². The first kappa shape index (κ1) is 22.4. The molecule has 0 amide bonds. The summed E-state index contributed by atoms with van der Waals surface area (Å²) in [6.45, 7) is 3.39. The zero-order valence-corrected chi connectivity index (χ0v) is 18.5. The van der Waals surface area contributed by atoms with Crippen molar-refractivity contribution in [3.05, 3.63) is 71.3 Å². The number of nitrogens with two attached hydrogens (primary N) is 1. The summed E-state index contributed by atoms with van der Waals surface area (Å²) in [6, 6.07) is 11.1. The van der Waals surface area contributed by atoms with Crippen molar-refractivity contribution in [3.63, 3.8) is 0 Å². The van der Waals surface area contributed by atoms with Gasteiger partial charge in [0.05, 0.1) is 11.9 Å². The van der Waals surface area contributed by atoms with Gasteiger partial charge in [-0.2, -0.15) is 5.10 Å². The van der Waals surface area contributed by atoms with E-state index in [0.717, 1.165) is 11.8 Å². The maximum absolute atomic E-state index is 15.6. The highest BCUT2D eigenvalue weighted by molar-refractivity contribution is 6.30. The third kappa shape index (κ3) is 3.57. The van der Waals surface area contributed by atoms with Gasteiger partial charge in [0, 0.05) is 22.3 Å². The minimum Gasteiger partial charge on any atom is -0.385 e. The van der Waals surface area contributed by atoms with Crippen LogP contribution in [0.2, 0.25) is 5.02 Å². The fourth-order valence-corrected chi connectivity index (χ4v) is 4.04. The van der Waals surface area contributed by atoms with Crippen molar-refractivity contribution in [2.45, 2.75) is 37.8 Å². The third-order valence-corrected chi connectivity index (χ3v) is 6.03. The van der Waals surface area contributed by atoms with E-state index >= 15 is 8.78 Å². The van der Waals surface area contributed by atoms with Gasteiger partial charge in [0.1, 0.15) is 23.9 Å². The highest BCUT2D eigenvalue weighted by Gasteiger charge is 2.63. The van der Waals surface area contributed by atoms with Crippen LogP contribution in [-0.2, 0) is 10.3 Å². The molecule has 1 atom stereocenters. The van der Waals surface area contributed by atoms with Crippen LogP contribution in [0.5, 0.6) is 0 Å². The van der Waals surface area contributed by atoms with E-state index in [1.54, 1.807) is 35.3 Å². The van der Waals surface area contributed by atoms with Crippen LogP contribution in [0.25, 0.3) is 16.8 Å². The summed E-state index contributed by atoms with van der Waals surface area (Å²) in [7, 11) is 0. The Morgan fingerprint density at radius 1 is 1.09 bits per heavy atom. The van der Waals surface area contributed by atoms with Crippen LogP contribution < -0.4 is 5.73 Å². The molecule has 3 aromatic rings. The zero-order chi connectivity index (χ0) is 23.3. The Morgan fingerprint density at radius 3 is 2.56 bits per heavy atom. The Kier molecular flexibility index (Phi) is 5.33. The predicted octanol–water partition coefficient (Wildman–Crippen LogP) is 5.35. The number of ether oxygens (including phenoxy) is 1. The Morgan fingerprint density at radius 2 is 1.84 bits per heavy atom. The molecule has 0 bridgehead atoms. The first-order valence-corrected chi connectivity index (χ1v) is 10.3. The lowest BCUT2D eigenvalue weighted by Gasteiger charge is -2.42. The minimum absolute atomic E-state index is 0.128. The number of benzene rings is 2. The van der Waals surface area contributed by atoms with Crippen molar-refractivity contribution in [2.75, 3.05) is 6.61 Å². The van der Waals surface area contributed by atoms with Crippen LogP contribution >= 0.6 is 11.6 Å². The van der Waals surface area contributed by atoms with Crippen molar-refractivity contribution < 1.29 is 17.9 Å². The molecule has 0 saturated heterocycles. The second-order valence-corrected chi connectivity index (χ2v) is 8.83. The smallest absolute Gasteiger partial charge is 0.304 e. The molecule has 1 aliphatic heterocycles. The lowest BCUT2D eigenvalue weighted by molar-refractivity contribution is -0.214. The first-order chi connectivity index (χ1) is 14.9. The topological polar surface area (TPSA) is 65.4 Å². The van der Waals surface area contributed by atoms with Crippen molar-refractivity contribution >= 4 is 17.4 Å². The maximum Gasteiger partial charge on any atom is 0.304 e. The molecule has 0 spiro atoms. The fourth-order valence-electron chi connectivity index (χ4n) is 3.86. The van der Waals surface area contributed by atoms with E-state index in [-0.39, 0.29) is 18.0 Å². The monoisotopic (exact) mass is 462 g/mol. The number of alkyl halides is 2. The highest BCUT2D eigenvalue weighted by Crippen LogP contribution is 2.51. The van der Waals surface area contributed by atoms with E-state index in [2.05, 4.69) is 10.1 Å². The van der Waals surface area contributed by atoms with E-state index in [0.29, 0.717) is 16.1 Å². The van der Waals surface area contributed by atoms with E-state index in [1.807, 2.05) is 6.07 Å². The molecule has 1 aliphatic rings. The molecule has 1 unspecified atom stereocenters. The van der Waals surface area contributed by atoms with Gasteiger partial charge in [-0.15, -0.1) is 0 Å². The van der Waals surface area contributed by atoms with Crippen LogP contribution in [0.4, 0.5) is 13.2 Å². The summed E-state index contributed by atoms with van der Waals surface area (Å²) in [4.78, 5) is 4.03. The van der Waals surface area contributed by atoms with Crippen molar-refractivity contribution in [2.24, 2.45) is 10.7 Å². The number of aromatic nitrogens is 2. The molecule has 2 heterocycles. The molecule has 1 aromatic heterocycles. The SMILES string of the molecule is CC1(C)OCC(N)=NC(C)(c2cc(-c3cnn(-c4cccc(Cl)c4)c3)ccc2F)C1(F)F. The molecular formula is C23H22ClF3N4O. The van der Waals surface area contributed by atoms with Crippen LogP contribution in [0.15, 0.2) is 59.9 Å². The van der Waals surface area contributed by atoms with Gasteiger partial charge in [0.25, 0.3) is 0 Å². The number of aliphatic imine (C=N–C) groups is 1. The molecular weight excluding hydrogens is 441 g/mol. The number of rotatable bonds is 3. The Labute approximate surface area is 188 Å². The number of hydrogen-bond acceptors (Lipinski definition) is 4. The van der Waals surface area contributed by atoms with E-state index in [1.165, 1.54) is 32.9 Å². The molecule has 32 heavy (non-hydrogen) atoms. The number of amidine groups is 1. The second kappa shape index (κ2) is 7.64. The van der Waals surface area contributed by atoms with Gasteiger partial charge < -0.3 is 10.5 Å². The van der Waals surface area contributed by atoms with Crippen molar-refractivity contribution in [1.82, 2.24) is 9.78 Å². The summed E-state index contributed by atoms with van der Waals surface area (Å²) >= 11 is 6.05. The summed E-state index contributed by atoms with van der Waals surface area (Å²) in [5.41, 5.74) is 3.17. The average Bonchev–Trinajstić information content (AvgIpc) is 3.20. The molecule has 9 heteroatoms. The normalized spacial score (nSPS) is 22.3. The third-order valence-electron chi connectivity index (χ3n) is 5.80. The minimum atomic E-state index is -3.56. The molecule has 0 radical (unpaired) electrons. The quantitative estimate of drug-likeness (QED) is 0.570. The summed E-state index contributed by atoms with van der Waals surface area (Å²) in [5.74, 6) is -4.50. The summed E-state index contributed by atoms with van der Waals surface area (Å²) < 4.78 is 53.1. The predicted molar refractivity (Wildman–Crippen MR) is 118 cm³/mol. The van der Waals surface area contributed by atoms with Gasteiger partial charge in [0.2, 0.25) is 0 Å². The molecule has 4 rings (SSSR count). The number of halogens is 4. The van der Waals surface area contributed by atoms with E-state index in [9.17, 15) is 4.39 Å². The molecule has 2 N–H and O–H groups in total. The van der Waals surface area contributed by atoms with Gasteiger partial charge in [0.15, 0.2) is 5.54 Å². The number of hydrogen-bond donors (Lipinski definition) is 1. The summed E-state index contributed by atoms with van der Waals surface area (Å²) in [5, 5.41) is 4.86. The summed E-state index contributed by atoms with van der Waals surface area (Å²) in [6.07, 6.45) is 3.27. The van der Waals surface area contributed by atoms with Crippen LogP contribution in [0.1, 0.15) is 26.3 Å². The average molecular weight is 463 g/mol. The molecule has 168 valence electrons. The highest BCUT2D eigenvalue weighted by atomic mass is 35.5. The van der Waals surface area contributed by atoms with Gasteiger partial charge in [-0.3, -0.25) is 4.99 Å². The molecule has 2 aromatic carbocycles. The first-order valence-electron chi connectivity index (χ1n) is 9.91. The Balaban J connectivity index is 1.82. The van der Waals surface area contributed by atoms with Crippen molar-refractivity contribution in [3.8, 4) is 16.8 Å². The maximum atomic E-state index is 15.6. The lowest BCUT2D eigenvalue weighted by Crippen LogP contribution is -2.56. The van der Waals surface area contributed by atoms with Crippen LogP contribution in [0, 0.1) is 5.82 Å². The number of nitrogens with zero attached hydrogens (tertiary/aromatic N) is 3.